The summed E-state index contributed by atoms with van der Waals surface area (Å²) in [6.07, 6.45) is 4.01. The fourth-order valence-electron chi connectivity index (χ4n) is 3.72. The molecule has 1 aliphatic rings. The van der Waals surface area contributed by atoms with E-state index in [9.17, 15) is 18.0 Å². The SMILES string of the molecule is CCN(C(=O)COC(=O)CCCc1c[nH]c2ccccc12)[C@@H]1CCS(=O)(=O)C1. The first-order chi connectivity index (χ1) is 13.4. The molecule has 1 aromatic carbocycles. The van der Waals surface area contributed by atoms with Crippen LogP contribution in [0.3, 0.4) is 0 Å². The molecule has 1 aromatic heterocycles. The number of sulfone groups is 1. The molecule has 0 unspecified atom stereocenters. The van der Waals surface area contributed by atoms with E-state index in [1.807, 2.05) is 30.5 Å². The van der Waals surface area contributed by atoms with Gasteiger partial charge >= 0.3 is 5.97 Å². The maximum atomic E-state index is 12.3. The molecule has 1 saturated heterocycles. The molecule has 152 valence electrons. The number of hydrogen-bond acceptors (Lipinski definition) is 5. The fraction of sp³-hybridized carbons (Fsp3) is 0.500. The summed E-state index contributed by atoms with van der Waals surface area (Å²) in [6.45, 7) is 1.86. The van der Waals surface area contributed by atoms with Crippen LogP contribution in [0.4, 0.5) is 0 Å². The Morgan fingerprint density at radius 2 is 2.07 bits per heavy atom. The van der Waals surface area contributed by atoms with Crippen LogP contribution in [-0.2, 0) is 30.6 Å². The monoisotopic (exact) mass is 406 g/mol. The Balaban J connectivity index is 1.43. The van der Waals surface area contributed by atoms with Crippen molar-refractivity contribution in [3.05, 3.63) is 36.0 Å². The normalized spacial score (nSPS) is 18.2. The lowest BCUT2D eigenvalue weighted by molar-refractivity contribution is -0.152. The highest BCUT2D eigenvalue weighted by atomic mass is 32.2. The lowest BCUT2D eigenvalue weighted by Gasteiger charge is -2.26. The van der Waals surface area contributed by atoms with Crippen molar-refractivity contribution in [2.45, 2.75) is 38.6 Å². The second-order valence-corrected chi connectivity index (χ2v) is 9.34. The van der Waals surface area contributed by atoms with Gasteiger partial charge in [0, 0.05) is 36.1 Å². The quantitative estimate of drug-likeness (QED) is 0.677. The van der Waals surface area contributed by atoms with Gasteiger partial charge in [-0.2, -0.15) is 0 Å². The van der Waals surface area contributed by atoms with E-state index in [-0.39, 0.29) is 36.5 Å². The molecule has 0 aliphatic carbocycles. The van der Waals surface area contributed by atoms with E-state index in [1.165, 1.54) is 4.90 Å². The van der Waals surface area contributed by atoms with Crippen molar-refractivity contribution in [2.24, 2.45) is 0 Å². The Bertz CT molecular complexity index is 950. The standard InChI is InChI=1S/C20H26N2O5S/c1-2-22(16-10-11-28(25,26)14-16)19(23)13-27-20(24)9-5-6-15-12-21-18-8-4-3-7-17(15)18/h3-4,7-8,12,16,21H,2,5-6,9-11,13-14H2,1H3/t16-/m1/s1. The van der Waals surface area contributed by atoms with Crippen molar-refractivity contribution >= 4 is 32.6 Å². The van der Waals surface area contributed by atoms with Gasteiger partial charge < -0.3 is 14.6 Å². The van der Waals surface area contributed by atoms with Crippen LogP contribution in [0.5, 0.6) is 0 Å². The number of aromatic nitrogens is 1. The van der Waals surface area contributed by atoms with Gasteiger partial charge in [0.1, 0.15) is 0 Å². The number of nitrogens with zero attached hydrogens (tertiary/aromatic N) is 1. The summed E-state index contributed by atoms with van der Waals surface area (Å²) in [7, 11) is -3.07. The summed E-state index contributed by atoms with van der Waals surface area (Å²) in [5, 5.41) is 1.15. The van der Waals surface area contributed by atoms with Crippen LogP contribution < -0.4 is 0 Å². The molecule has 7 nitrogen and oxygen atoms in total. The second kappa shape index (κ2) is 8.77. The van der Waals surface area contributed by atoms with Crippen LogP contribution in [0.25, 0.3) is 10.9 Å². The maximum absolute atomic E-state index is 12.3. The first-order valence-electron chi connectivity index (χ1n) is 9.60. The zero-order valence-electron chi connectivity index (χ0n) is 16.0. The lowest BCUT2D eigenvalue weighted by Crippen LogP contribution is -2.43. The van der Waals surface area contributed by atoms with Gasteiger partial charge in [-0.3, -0.25) is 9.59 Å². The molecule has 1 N–H and O–H groups in total. The second-order valence-electron chi connectivity index (χ2n) is 7.11. The van der Waals surface area contributed by atoms with Crippen molar-refractivity contribution in [2.75, 3.05) is 24.7 Å². The first-order valence-corrected chi connectivity index (χ1v) is 11.4. The van der Waals surface area contributed by atoms with E-state index in [0.717, 1.165) is 22.9 Å². The van der Waals surface area contributed by atoms with Gasteiger partial charge in [0.15, 0.2) is 16.4 Å². The average molecular weight is 407 g/mol. The number of esters is 1. The minimum atomic E-state index is -3.07. The first kappa shape index (κ1) is 20.4. The molecule has 3 rings (SSSR count). The molecular weight excluding hydrogens is 380 g/mol. The summed E-state index contributed by atoms with van der Waals surface area (Å²) in [6, 6.07) is 7.68. The highest BCUT2D eigenvalue weighted by molar-refractivity contribution is 7.91. The minimum Gasteiger partial charge on any atom is -0.456 e. The number of hydrogen-bond donors (Lipinski definition) is 1. The average Bonchev–Trinajstić information content (AvgIpc) is 3.24. The molecule has 2 heterocycles. The van der Waals surface area contributed by atoms with Crippen molar-refractivity contribution < 1.29 is 22.7 Å². The van der Waals surface area contributed by atoms with E-state index in [0.29, 0.717) is 19.4 Å². The number of ether oxygens (including phenoxy) is 1. The van der Waals surface area contributed by atoms with Crippen LogP contribution in [0, 0.1) is 0 Å². The smallest absolute Gasteiger partial charge is 0.306 e. The number of carbonyl (C=O) groups excluding carboxylic acids is 2. The van der Waals surface area contributed by atoms with Crippen LogP contribution in [0.1, 0.15) is 31.7 Å². The summed E-state index contributed by atoms with van der Waals surface area (Å²) in [5.74, 6) is -0.655. The Hall–Kier alpha value is -2.35. The lowest BCUT2D eigenvalue weighted by atomic mass is 10.1. The summed E-state index contributed by atoms with van der Waals surface area (Å²) < 4.78 is 28.4. The van der Waals surface area contributed by atoms with Gasteiger partial charge in [0.2, 0.25) is 0 Å². The highest BCUT2D eigenvalue weighted by Gasteiger charge is 2.34. The number of para-hydroxylation sites is 1. The van der Waals surface area contributed by atoms with E-state index in [1.54, 1.807) is 6.92 Å². The summed E-state index contributed by atoms with van der Waals surface area (Å²) >= 11 is 0. The van der Waals surface area contributed by atoms with Crippen LogP contribution >= 0.6 is 0 Å². The predicted molar refractivity (Wildman–Crippen MR) is 107 cm³/mol. The molecule has 0 bridgehead atoms. The molecule has 2 aromatic rings. The van der Waals surface area contributed by atoms with Gasteiger partial charge in [-0.15, -0.1) is 0 Å². The van der Waals surface area contributed by atoms with Gasteiger partial charge in [-0.05, 0) is 37.8 Å². The van der Waals surface area contributed by atoms with E-state index in [2.05, 4.69) is 4.98 Å². The third kappa shape index (κ3) is 4.92. The fourth-order valence-corrected chi connectivity index (χ4v) is 5.45. The number of likely N-dealkylation sites (N-methyl/N-ethyl adjacent to an activating group) is 1. The third-order valence-corrected chi connectivity index (χ3v) is 6.92. The topological polar surface area (TPSA) is 96.5 Å². The molecule has 0 radical (unpaired) electrons. The number of carbonyl (C=O) groups is 2. The van der Waals surface area contributed by atoms with Crippen LogP contribution in [0.2, 0.25) is 0 Å². The third-order valence-electron chi connectivity index (χ3n) is 5.17. The molecular formula is C20H26N2O5S. The Morgan fingerprint density at radius 3 is 2.79 bits per heavy atom. The van der Waals surface area contributed by atoms with E-state index < -0.39 is 15.8 Å². The number of aryl methyl sites for hydroxylation is 1. The number of H-pyrrole nitrogens is 1. The number of benzene rings is 1. The molecule has 8 heteroatoms. The predicted octanol–water partition coefficient (Wildman–Crippen LogP) is 2.07. The Morgan fingerprint density at radius 1 is 1.29 bits per heavy atom. The molecule has 1 fully saturated rings. The molecule has 1 amide bonds. The van der Waals surface area contributed by atoms with Crippen molar-refractivity contribution in [1.29, 1.82) is 0 Å². The zero-order valence-corrected chi connectivity index (χ0v) is 16.8. The zero-order chi connectivity index (χ0) is 20.1. The van der Waals surface area contributed by atoms with Crippen molar-refractivity contribution in [3.8, 4) is 0 Å². The summed E-state index contributed by atoms with van der Waals surface area (Å²) in [5.41, 5.74) is 2.22. The minimum absolute atomic E-state index is 0.00878. The van der Waals surface area contributed by atoms with Gasteiger partial charge in [-0.1, -0.05) is 18.2 Å². The van der Waals surface area contributed by atoms with Crippen LogP contribution in [-0.4, -0.2) is 60.9 Å². The largest absolute Gasteiger partial charge is 0.456 e. The number of amides is 1. The van der Waals surface area contributed by atoms with Gasteiger partial charge in [0.05, 0.1) is 11.5 Å². The Kier molecular flexibility index (Phi) is 6.39. The van der Waals surface area contributed by atoms with Crippen LogP contribution in [0.15, 0.2) is 30.5 Å². The van der Waals surface area contributed by atoms with Crippen molar-refractivity contribution in [3.63, 3.8) is 0 Å². The number of fused-ring (bicyclic) bond motifs is 1. The van der Waals surface area contributed by atoms with E-state index in [4.69, 9.17) is 4.74 Å². The molecule has 1 aliphatic heterocycles. The Labute approximate surface area is 165 Å². The number of aromatic amines is 1. The van der Waals surface area contributed by atoms with Gasteiger partial charge in [-0.25, -0.2) is 8.42 Å². The molecule has 1 atom stereocenters. The highest BCUT2D eigenvalue weighted by Crippen LogP contribution is 2.20. The molecule has 0 spiro atoms. The van der Waals surface area contributed by atoms with E-state index >= 15 is 0 Å². The van der Waals surface area contributed by atoms with Gasteiger partial charge in [0.25, 0.3) is 5.91 Å². The summed E-state index contributed by atoms with van der Waals surface area (Å²) in [4.78, 5) is 29.0. The molecule has 28 heavy (non-hydrogen) atoms. The van der Waals surface area contributed by atoms with Crippen molar-refractivity contribution in [1.82, 2.24) is 9.88 Å². The maximum Gasteiger partial charge on any atom is 0.306 e. The number of nitrogens with one attached hydrogen (secondary N) is 1. The number of rotatable bonds is 8. The molecule has 0 saturated carbocycles.